The first-order chi connectivity index (χ1) is 19.7. The van der Waals surface area contributed by atoms with Crippen LogP contribution >= 0.6 is 0 Å². The Hall–Kier alpha value is -3.17. The Balaban J connectivity index is 1.63. The molecule has 1 aromatic rings. The van der Waals surface area contributed by atoms with Gasteiger partial charge in [0, 0.05) is 11.7 Å². The van der Waals surface area contributed by atoms with E-state index in [0.29, 0.717) is 23.2 Å². The molecule has 0 radical (unpaired) electrons. The van der Waals surface area contributed by atoms with E-state index in [4.69, 9.17) is 0 Å². The summed E-state index contributed by atoms with van der Waals surface area (Å²) in [5.74, 6) is -2.59. The van der Waals surface area contributed by atoms with E-state index < -0.39 is 41.3 Å². The SMILES string of the molecule is CC(=O)c1c(C(=O)N[C@H](C(=O)N[C@H](C(=O)N2[C@H](C(=O)O)C[C@@H]3CCCC[C@@H]32)C(C)(C)C)C2CCCCC2)[nH]c(C)c1C. The molecule has 3 amide bonds. The van der Waals surface area contributed by atoms with Crippen LogP contribution in [0.3, 0.4) is 0 Å². The van der Waals surface area contributed by atoms with Crippen LogP contribution in [0.1, 0.15) is 124 Å². The molecule has 5 atom stereocenters. The molecule has 3 aliphatic rings. The third-order valence-electron chi connectivity index (χ3n) is 9.80. The van der Waals surface area contributed by atoms with Crippen molar-refractivity contribution in [1.29, 1.82) is 0 Å². The molecule has 42 heavy (non-hydrogen) atoms. The second-order valence-electron chi connectivity index (χ2n) is 13.8. The van der Waals surface area contributed by atoms with Crippen molar-refractivity contribution in [3.05, 3.63) is 22.5 Å². The van der Waals surface area contributed by atoms with E-state index in [9.17, 15) is 29.1 Å². The van der Waals surface area contributed by atoms with E-state index in [1.165, 1.54) is 6.92 Å². The van der Waals surface area contributed by atoms with E-state index >= 15 is 0 Å². The van der Waals surface area contributed by atoms with Crippen molar-refractivity contribution >= 4 is 29.5 Å². The van der Waals surface area contributed by atoms with Gasteiger partial charge < -0.3 is 25.6 Å². The highest BCUT2D eigenvalue weighted by atomic mass is 16.4. The van der Waals surface area contributed by atoms with E-state index in [1.807, 2.05) is 20.8 Å². The van der Waals surface area contributed by atoms with E-state index in [1.54, 1.807) is 18.7 Å². The molecular formula is C32H48N4O6. The summed E-state index contributed by atoms with van der Waals surface area (Å²) in [6.45, 7) is 10.6. The van der Waals surface area contributed by atoms with Gasteiger partial charge in [-0.05, 0) is 75.7 Å². The summed E-state index contributed by atoms with van der Waals surface area (Å²) in [6.07, 6.45) is 8.51. The number of H-pyrrole nitrogens is 1. The van der Waals surface area contributed by atoms with E-state index in [-0.39, 0.29) is 35.3 Å². The van der Waals surface area contributed by atoms with E-state index in [2.05, 4.69) is 15.6 Å². The second kappa shape index (κ2) is 12.6. The number of ketones is 1. The number of carboxylic acids is 1. The predicted molar refractivity (Wildman–Crippen MR) is 158 cm³/mol. The number of aliphatic carboxylic acids is 1. The summed E-state index contributed by atoms with van der Waals surface area (Å²) >= 11 is 0. The summed E-state index contributed by atoms with van der Waals surface area (Å²) < 4.78 is 0. The maximum Gasteiger partial charge on any atom is 0.326 e. The Kier molecular flexibility index (Phi) is 9.52. The third kappa shape index (κ3) is 6.42. The van der Waals surface area contributed by atoms with Crippen LogP contribution in [0.15, 0.2) is 0 Å². The minimum Gasteiger partial charge on any atom is -0.480 e. The number of aromatic nitrogens is 1. The number of hydrogen-bond acceptors (Lipinski definition) is 5. The molecule has 4 N–H and O–H groups in total. The molecule has 2 saturated carbocycles. The van der Waals surface area contributed by atoms with Gasteiger partial charge in [0.25, 0.3) is 5.91 Å². The zero-order valence-electron chi connectivity index (χ0n) is 26.0. The number of hydrogen-bond donors (Lipinski definition) is 4. The summed E-state index contributed by atoms with van der Waals surface area (Å²) in [5.41, 5.74) is 1.15. The highest BCUT2D eigenvalue weighted by Gasteiger charge is 2.51. The normalized spacial score (nSPS) is 24.4. The molecule has 0 bridgehead atoms. The topological polar surface area (TPSA) is 149 Å². The Morgan fingerprint density at radius 1 is 0.929 bits per heavy atom. The molecule has 0 aromatic carbocycles. The van der Waals surface area contributed by atoms with Gasteiger partial charge >= 0.3 is 5.97 Å². The van der Waals surface area contributed by atoms with Crippen molar-refractivity contribution in [2.45, 2.75) is 130 Å². The lowest BCUT2D eigenvalue weighted by molar-refractivity contribution is -0.153. The maximum atomic E-state index is 14.2. The molecule has 10 nitrogen and oxygen atoms in total. The molecule has 0 spiro atoms. The highest BCUT2D eigenvalue weighted by molar-refractivity contribution is 6.08. The average Bonchev–Trinajstić information content (AvgIpc) is 3.47. The monoisotopic (exact) mass is 584 g/mol. The Morgan fingerprint density at radius 3 is 2.14 bits per heavy atom. The number of aromatic amines is 1. The second-order valence-corrected chi connectivity index (χ2v) is 13.8. The summed E-state index contributed by atoms with van der Waals surface area (Å²) in [6, 6.07) is -2.94. The number of nitrogens with one attached hydrogen (secondary N) is 3. The van der Waals surface area contributed by atoms with Crippen molar-refractivity contribution in [2.75, 3.05) is 0 Å². The number of likely N-dealkylation sites (tertiary alicyclic amines) is 1. The number of amides is 3. The van der Waals surface area contributed by atoms with Gasteiger partial charge in [0.2, 0.25) is 11.8 Å². The molecule has 232 valence electrons. The molecular weight excluding hydrogens is 536 g/mol. The van der Waals surface area contributed by atoms with E-state index in [0.717, 1.165) is 57.8 Å². The number of fused-ring (bicyclic) bond motifs is 1. The standard InChI is InChI=1S/C32H48N4O6/c1-17-18(2)33-26(24(17)19(3)37)29(39)34-25(20-12-8-7-9-13-20)28(38)35-27(32(4,5)6)30(40)36-22-15-11-10-14-21(22)16-23(36)31(41)42/h20-23,25,27,33H,7-16H2,1-6H3,(H,34,39)(H,35,38)(H,41,42)/t21-,22-,23-,25-,27+/m0/s1. The maximum absolute atomic E-state index is 14.2. The Morgan fingerprint density at radius 2 is 1.55 bits per heavy atom. The fraction of sp³-hybridized carbons (Fsp3) is 0.719. The quantitative estimate of drug-likeness (QED) is 0.335. The van der Waals surface area contributed by atoms with Gasteiger partial charge in [-0.25, -0.2) is 4.79 Å². The average molecular weight is 585 g/mol. The van der Waals surface area contributed by atoms with Gasteiger partial charge in [-0.15, -0.1) is 0 Å². The van der Waals surface area contributed by atoms with Crippen molar-refractivity contribution in [3.8, 4) is 0 Å². The molecule has 1 aromatic heterocycles. The smallest absolute Gasteiger partial charge is 0.326 e. The molecule has 1 saturated heterocycles. The first-order valence-electron chi connectivity index (χ1n) is 15.6. The van der Waals surface area contributed by atoms with Crippen LogP contribution in [0, 0.1) is 31.1 Å². The molecule has 10 heteroatoms. The number of aryl methyl sites for hydroxylation is 1. The number of rotatable bonds is 8. The van der Waals surface area contributed by atoms with Gasteiger partial charge in [0.1, 0.15) is 23.8 Å². The van der Waals surface area contributed by atoms with Crippen LogP contribution in [-0.2, 0) is 14.4 Å². The van der Waals surface area contributed by atoms with Crippen LogP contribution in [0.5, 0.6) is 0 Å². The zero-order valence-corrected chi connectivity index (χ0v) is 26.0. The molecule has 1 aliphatic heterocycles. The fourth-order valence-electron chi connectivity index (χ4n) is 7.43. The van der Waals surface area contributed by atoms with Crippen LogP contribution in [-0.4, -0.2) is 68.6 Å². The molecule has 2 aliphatic carbocycles. The van der Waals surface area contributed by atoms with Crippen molar-refractivity contribution < 1.29 is 29.1 Å². The first kappa shape index (κ1) is 31.8. The minimum absolute atomic E-state index is 0.127. The van der Waals surface area contributed by atoms with Gasteiger partial charge in [-0.3, -0.25) is 19.2 Å². The minimum atomic E-state index is -1.01. The number of carbonyl (C=O) groups excluding carboxylic acids is 4. The molecule has 2 heterocycles. The van der Waals surface area contributed by atoms with Gasteiger partial charge in [-0.2, -0.15) is 0 Å². The number of carboxylic acid groups (broad SMARTS) is 1. The van der Waals surface area contributed by atoms with Crippen LogP contribution in [0.4, 0.5) is 0 Å². The van der Waals surface area contributed by atoms with Crippen molar-refractivity contribution in [2.24, 2.45) is 17.3 Å². The van der Waals surface area contributed by atoms with Crippen LogP contribution in [0.25, 0.3) is 0 Å². The molecule has 0 unspecified atom stereocenters. The Labute approximate surface area is 248 Å². The number of nitrogens with zero attached hydrogens (tertiary/aromatic N) is 1. The fourth-order valence-corrected chi connectivity index (χ4v) is 7.43. The lowest BCUT2D eigenvalue weighted by Crippen LogP contribution is -2.62. The lowest BCUT2D eigenvalue weighted by atomic mass is 9.81. The Bertz CT molecular complexity index is 1220. The largest absolute Gasteiger partial charge is 0.480 e. The summed E-state index contributed by atoms with van der Waals surface area (Å²) in [5, 5.41) is 15.9. The zero-order chi connectivity index (χ0) is 30.9. The number of carbonyl (C=O) groups is 5. The van der Waals surface area contributed by atoms with Crippen LogP contribution < -0.4 is 10.6 Å². The highest BCUT2D eigenvalue weighted by Crippen LogP contribution is 2.41. The molecule has 3 fully saturated rings. The summed E-state index contributed by atoms with van der Waals surface area (Å²) in [7, 11) is 0. The third-order valence-corrected chi connectivity index (χ3v) is 9.80. The van der Waals surface area contributed by atoms with Gasteiger partial charge in [0.05, 0.1) is 5.56 Å². The first-order valence-corrected chi connectivity index (χ1v) is 15.6. The van der Waals surface area contributed by atoms with Crippen molar-refractivity contribution in [1.82, 2.24) is 20.5 Å². The van der Waals surface area contributed by atoms with Gasteiger partial charge in [0.15, 0.2) is 5.78 Å². The number of Topliss-reactive ketones (excluding diaryl/α,β-unsaturated/α-hetero) is 1. The van der Waals surface area contributed by atoms with Gasteiger partial charge in [-0.1, -0.05) is 52.9 Å². The molecule has 4 rings (SSSR count). The van der Waals surface area contributed by atoms with Crippen LogP contribution in [0.2, 0.25) is 0 Å². The van der Waals surface area contributed by atoms with Crippen molar-refractivity contribution in [3.63, 3.8) is 0 Å². The predicted octanol–water partition coefficient (Wildman–Crippen LogP) is 4.29. The summed E-state index contributed by atoms with van der Waals surface area (Å²) in [4.78, 5) is 71.1. The lowest BCUT2D eigenvalue weighted by Gasteiger charge is -2.40.